The number of ether oxygens (including phenoxy) is 1. The zero-order chi connectivity index (χ0) is 10.7. The molecule has 0 radical (unpaired) electrons. The number of rotatable bonds is 3. The van der Waals surface area contributed by atoms with E-state index in [1.54, 1.807) is 0 Å². The first-order chi connectivity index (χ1) is 6.50. The van der Waals surface area contributed by atoms with E-state index in [9.17, 15) is 0 Å². The Labute approximate surface area is 93.6 Å². The van der Waals surface area contributed by atoms with Crippen molar-refractivity contribution >= 4 is 15.9 Å². The molecule has 0 heterocycles. The van der Waals surface area contributed by atoms with Crippen LogP contribution in [0.3, 0.4) is 0 Å². The van der Waals surface area contributed by atoms with Gasteiger partial charge < -0.3 is 10.5 Å². The van der Waals surface area contributed by atoms with Crippen molar-refractivity contribution in [3.05, 3.63) is 28.2 Å². The van der Waals surface area contributed by atoms with Crippen LogP contribution in [0.2, 0.25) is 0 Å². The SMILES string of the molecule is CC(C)Oc1ccc([C@H](C)N)cc1Br. The van der Waals surface area contributed by atoms with Gasteiger partial charge in [0, 0.05) is 6.04 Å². The summed E-state index contributed by atoms with van der Waals surface area (Å²) in [5.41, 5.74) is 6.88. The molecule has 0 saturated heterocycles. The van der Waals surface area contributed by atoms with Crippen molar-refractivity contribution in [1.82, 2.24) is 0 Å². The highest BCUT2D eigenvalue weighted by Crippen LogP contribution is 2.28. The van der Waals surface area contributed by atoms with E-state index >= 15 is 0 Å². The Balaban J connectivity index is 2.90. The summed E-state index contributed by atoms with van der Waals surface area (Å²) in [6.45, 7) is 5.97. The summed E-state index contributed by atoms with van der Waals surface area (Å²) in [6, 6.07) is 6.00. The zero-order valence-corrected chi connectivity index (χ0v) is 10.3. The van der Waals surface area contributed by atoms with E-state index in [1.165, 1.54) is 0 Å². The summed E-state index contributed by atoms with van der Waals surface area (Å²) in [4.78, 5) is 0. The van der Waals surface area contributed by atoms with Crippen molar-refractivity contribution in [2.75, 3.05) is 0 Å². The summed E-state index contributed by atoms with van der Waals surface area (Å²) < 4.78 is 6.55. The molecule has 0 saturated carbocycles. The van der Waals surface area contributed by atoms with Crippen molar-refractivity contribution in [2.24, 2.45) is 5.73 Å². The van der Waals surface area contributed by atoms with Gasteiger partial charge in [0.1, 0.15) is 5.75 Å². The first-order valence-electron chi connectivity index (χ1n) is 4.72. The maximum atomic E-state index is 5.77. The fourth-order valence-electron chi connectivity index (χ4n) is 1.15. The summed E-state index contributed by atoms with van der Waals surface area (Å²) in [7, 11) is 0. The second-order valence-electron chi connectivity index (χ2n) is 3.65. The first-order valence-corrected chi connectivity index (χ1v) is 5.51. The molecule has 0 aliphatic rings. The molecule has 0 fully saturated rings. The van der Waals surface area contributed by atoms with E-state index in [0.29, 0.717) is 0 Å². The Bertz CT molecular complexity index is 310. The van der Waals surface area contributed by atoms with Crippen molar-refractivity contribution in [2.45, 2.75) is 32.9 Å². The van der Waals surface area contributed by atoms with Gasteiger partial charge in [-0.05, 0) is 54.4 Å². The Kier molecular flexibility index (Phi) is 3.96. The third-order valence-electron chi connectivity index (χ3n) is 1.84. The Morgan fingerprint density at radius 2 is 1.93 bits per heavy atom. The van der Waals surface area contributed by atoms with Crippen LogP contribution in [0.5, 0.6) is 5.75 Å². The van der Waals surface area contributed by atoms with Gasteiger partial charge in [0.2, 0.25) is 0 Å². The predicted molar refractivity (Wildman–Crippen MR) is 62.5 cm³/mol. The Morgan fingerprint density at radius 3 is 2.36 bits per heavy atom. The number of nitrogens with two attached hydrogens (primary N) is 1. The van der Waals surface area contributed by atoms with Gasteiger partial charge >= 0.3 is 0 Å². The van der Waals surface area contributed by atoms with E-state index < -0.39 is 0 Å². The van der Waals surface area contributed by atoms with Crippen molar-refractivity contribution < 1.29 is 4.74 Å². The minimum absolute atomic E-state index is 0.0550. The minimum atomic E-state index is 0.0550. The number of hydrogen-bond acceptors (Lipinski definition) is 2. The monoisotopic (exact) mass is 257 g/mol. The minimum Gasteiger partial charge on any atom is -0.490 e. The lowest BCUT2D eigenvalue weighted by atomic mass is 10.1. The van der Waals surface area contributed by atoms with Crippen LogP contribution in [0.1, 0.15) is 32.4 Å². The highest BCUT2D eigenvalue weighted by atomic mass is 79.9. The number of hydrogen-bond donors (Lipinski definition) is 1. The lowest BCUT2D eigenvalue weighted by Gasteiger charge is -2.13. The lowest BCUT2D eigenvalue weighted by molar-refractivity contribution is 0.241. The smallest absolute Gasteiger partial charge is 0.133 e. The van der Waals surface area contributed by atoms with Crippen LogP contribution < -0.4 is 10.5 Å². The average Bonchev–Trinajstić information content (AvgIpc) is 2.07. The van der Waals surface area contributed by atoms with Crippen LogP contribution in [0.4, 0.5) is 0 Å². The quantitative estimate of drug-likeness (QED) is 0.903. The number of halogens is 1. The highest BCUT2D eigenvalue weighted by molar-refractivity contribution is 9.10. The fourth-order valence-corrected chi connectivity index (χ4v) is 1.64. The molecule has 0 bridgehead atoms. The molecule has 0 amide bonds. The molecule has 14 heavy (non-hydrogen) atoms. The standard InChI is InChI=1S/C11H16BrNO/c1-7(2)14-11-5-4-9(8(3)13)6-10(11)12/h4-8H,13H2,1-3H3/t8-/m0/s1. The van der Waals surface area contributed by atoms with Gasteiger partial charge in [-0.3, -0.25) is 0 Å². The Hall–Kier alpha value is -0.540. The molecule has 0 unspecified atom stereocenters. The fraction of sp³-hybridized carbons (Fsp3) is 0.455. The van der Waals surface area contributed by atoms with Gasteiger partial charge in [0.15, 0.2) is 0 Å². The molecule has 1 aromatic rings. The molecule has 1 rings (SSSR count). The molecule has 3 heteroatoms. The van der Waals surface area contributed by atoms with E-state index in [1.807, 2.05) is 39.0 Å². The van der Waals surface area contributed by atoms with Gasteiger partial charge in [-0.2, -0.15) is 0 Å². The molecule has 1 atom stereocenters. The molecule has 2 nitrogen and oxygen atoms in total. The third-order valence-corrected chi connectivity index (χ3v) is 2.46. The zero-order valence-electron chi connectivity index (χ0n) is 8.75. The highest BCUT2D eigenvalue weighted by Gasteiger charge is 2.06. The van der Waals surface area contributed by atoms with Gasteiger partial charge in [-0.1, -0.05) is 6.07 Å². The molecule has 2 N–H and O–H groups in total. The summed E-state index contributed by atoms with van der Waals surface area (Å²) in [5, 5.41) is 0. The van der Waals surface area contributed by atoms with Crippen LogP contribution in [-0.4, -0.2) is 6.10 Å². The summed E-state index contributed by atoms with van der Waals surface area (Å²) in [5.74, 6) is 0.865. The maximum absolute atomic E-state index is 5.77. The second kappa shape index (κ2) is 4.80. The van der Waals surface area contributed by atoms with E-state index in [4.69, 9.17) is 10.5 Å². The maximum Gasteiger partial charge on any atom is 0.133 e. The van der Waals surface area contributed by atoms with Crippen LogP contribution in [-0.2, 0) is 0 Å². The van der Waals surface area contributed by atoms with Crippen molar-refractivity contribution in [3.8, 4) is 5.75 Å². The molecule has 0 spiro atoms. The second-order valence-corrected chi connectivity index (χ2v) is 4.50. The summed E-state index contributed by atoms with van der Waals surface area (Å²) in [6.07, 6.45) is 0.187. The molecule has 1 aromatic carbocycles. The van der Waals surface area contributed by atoms with E-state index in [-0.39, 0.29) is 12.1 Å². The van der Waals surface area contributed by atoms with Crippen LogP contribution in [0.25, 0.3) is 0 Å². The molecular formula is C11H16BrNO. The van der Waals surface area contributed by atoms with E-state index in [0.717, 1.165) is 15.8 Å². The largest absolute Gasteiger partial charge is 0.490 e. The third kappa shape index (κ3) is 3.00. The Morgan fingerprint density at radius 1 is 1.29 bits per heavy atom. The van der Waals surface area contributed by atoms with Crippen LogP contribution in [0, 0.1) is 0 Å². The van der Waals surface area contributed by atoms with Gasteiger partial charge in [-0.25, -0.2) is 0 Å². The van der Waals surface area contributed by atoms with Crippen LogP contribution >= 0.6 is 15.9 Å². The first kappa shape index (κ1) is 11.5. The predicted octanol–water partition coefficient (Wildman–Crippen LogP) is 3.26. The molecule has 0 aliphatic carbocycles. The summed E-state index contributed by atoms with van der Waals surface area (Å²) >= 11 is 3.46. The van der Waals surface area contributed by atoms with E-state index in [2.05, 4.69) is 15.9 Å². The number of benzene rings is 1. The molecule has 78 valence electrons. The topological polar surface area (TPSA) is 35.2 Å². The van der Waals surface area contributed by atoms with Gasteiger partial charge in [0.05, 0.1) is 10.6 Å². The molecular weight excluding hydrogens is 242 g/mol. The molecule has 0 aliphatic heterocycles. The molecule has 0 aromatic heterocycles. The lowest BCUT2D eigenvalue weighted by Crippen LogP contribution is -2.08. The van der Waals surface area contributed by atoms with Crippen molar-refractivity contribution in [3.63, 3.8) is 0 Å². The van der Waals surface area contributed by atoms with Crippen LogP contribution in [0.15, 0.2) is 22.7 Å². The average molecular weight is 258 g/mol. The van der Waals surface area contributed by atoms with Gasteiger partial charge in [-0.15, -0.1) is 0 Å². The van der Waals surface area contributed by atoms with Crippen molar-refractivity contribution in [1.29, 1.82) is 0 Å². The normalized spacial score (nSPS) is 13.0. The van der Waals surface area contributed by atoms with Gasteiger partial charge in [0.25, 0.3) is 0 Å².